The van der Waals surface area contributed by atoms with Crippen molar-refractivity contribution in [2.45, 2.75) is 30.4 Å². The van der Waals surface area contributed by atoms with E-state index in [0.29, 0.717) is 36.9 Å². The van der Waals surface area contributed by atoms with Crippen LogP contribution in [0.5, 0.6) is 11.5 Å². The largest absolute Gasteiger partial charge is 0.497 e. The van der Waals surface area contributed by atoms with Gasteiger partial charge >= 0.3 is 0 Å². The van der Waals surface area contributed by atoms with Crippen LogP contribution in [-0.2, 0) is 21.4 Å². The van der Waals surface area contributed by atoms with E-state index in [-0.39, 0.29) is 10.8 Å². The fourth-order valence-corrected chi connectivity index (χ4v) is 6.56. The molecule has 1 saturated heterocycles. The van der Waals surface area contributed by atoms with Crippen LogP contribution in [-0.4, -0.2) is 43.3 Å². The molecule has 32 heavy (non-hydrogen) atoms. The van der Waals surface area contributed by atoms with Crippen molar-refractivity contribution in [1.29, 1.82) is 0 Å². The maximum Gasteiger partial charge on any atom is 0.244 e. The Morgan fingerprint density at radius 1 is 1.22 bits per heavy atom. The van der Waals surface area contributed by atoms with Crippen molar-refractivity contribution in [3.63, 3.8) is 0 Å². The number of fused-ring (bicyclic) bond motifs is 3. The number of thiazole rings is 1. The van der Waals surface area contributed by atoms with Gasteiger partial charge in [0.1, 0.15) is 24.1 Å². The van der Waals surface area contributed by atoms with E-state index in [0.717, 1.165) is 21.9 Å². The van der Waals surface area contributed by atoms with Crippen molar-refractivity contribution >= 4 is 32.4 Å². The maximum absolute atomic E-state index is 13.2. The van der Waals surface area contributed by atoms with Gasteiger partial charge in [0.15, 0.2) is 5.13 Å². The summed E-state index contributed by atoms with van der Waals surface area (Å²) in [5, 5.41) is 3.27. The summed E-state index contributed by atoms with van der Waals surface area (Å²) in [5.74, 6) is 0.952. The first-order chi connectivity index (χ1) is 15.5. The molecular weight excluding hydrogens is 450 g/mol. The molecule has 0 spiro atoms. The van der Waals surface area contributed by atoms with Gasteiger partial charge in [-0.2, -0.15) is 4.31 Å². The molecule has 5 rings (SSSR count). The lowest BCUT2D eigenvalue weighted by atomic mass is 10.1. The van der Waals surface area contributed by atoms with Crippen LogP contribution in [0.2, 0.25) is 0 Å². The van der Waals surface area contributed by atoms with Crippen molar-refractivity contribution in [3.8, 4) is 22.8 Å². The summed E-state index contributed by atoms with van der Waals surface area (Å²) in [6.07, 6.45) is 1.07. The third-order valence-corrected chi connectivity index (χ3v) is 8.47. The van der Waals surface area contributed by atoms with Gasteiger partial charge in [0.2, 0.25) is 15.9 Å². The highest BCUT2D eigenvalue weighted by Crippen LogP contribution is 2.41. The summed E-state index contributed by atoms with van der Waals surface area (Å²) in [4.78, 5) is 18.7. The number of methoxy groups -OCH3 is 1. The average Bonchev–Trinajstić information content (AvgIpc) is 3.46. The van der Waals surface area contributed by atoms with Gasteiger partial charge in [0.05, 0.1) is 22.6 Å². The van der Waals surface area contributed by atoms with Crippen LogP contribution in [0.4, 0.5) is 5.13 Å². The molecule has 0 saturated carbocycles. The molecule has 1 fully saturated rings. The number of nitrogens with zero attached hydrogens (tertiary/aromatic N) is 2. The van der Waals surface area contributed by atoms with Crippen LogP contribution >= 0.6 is 11.3 Å². The Kier molecular flexibility index (Phi) is 5.36. The van der Waals surface area contributed by atoms with E-state index in [1.165, 1.54) is 34.9 Å². The number of ether oxygens (including phenoxy) is 2. The number of rotatable bonds is 5. The maximum atomic E-state index is 13.2. The summed E-state index contributed by atoms with van der Waals surface area (Å²) in [5.41, 5.74) is 1.68. The molecule has 1 atom stereocenters. The van der Waals surface area contributed by atoms with Gasteiger partial charge < -0.3 is 14.8 Å². The van der Waals surface area contributed by atoms with Crippen LogP contribution in [0.25, 0.3) is 11.3 Å². The molecule has 0 radical (unpaired) electrons. The second-order valence-electron chi connectivity index (χ2n) is 7.51. The normalized spacial score (nSPS) is 17.8. The highest BCUT2D eigenvalue weighted by molar-refractivity contribution is 7.89. The zero-order valence-corrected chi connectivity index (χ0v) is 18.9. The molecule has 8 nitrogen and oxygen atoms in total. The molecule has 0 aliphatic carbocycles. The van der Waals surface area contributed by atoms with Crippen LogP contribution in [0.3, 0.4) is 0 Å². The number of amides is 1. The Morgan fingerprint density at radius 3 is 2.78 bits per heavy atom. The molecule has 0 bridgehead atoms. The lowest BCUT2D eigenvalue weighted by Crippen LogP contribution is -2.43. The minimum atomic E-state index is -3.81. The fraction of sp³-hybridized carbons (Fsp3) is 0.273. The number of benzene rings is 2. The highest BCUT2D eigenvalue weighted by atomic mass is 32.2. The van der Waals surface area contributed by atoms with E-state index in [9.17, 15) is 13.2 Å². The number of nitrogens with one attached hydrogen (secondary N) is 1. The van der Waals surface area contributed by atoms with E-state index >= 15 is 0 Å². The first-order valence-electron chi connectivity index (χ1n) is 10.2. The smallest absolute Gasteiger partial charge is 0.244 e. The fourth-order valence-electron chi connectivity index (χ4n) is 4.01. The summed E-state index contributed by atoms with van der Waals surface area (Å²) in [7, 11) is -2.29. The van der Waals surface area contributed by atoms with Crippen molar-refractivity contribution in [3.05, 3.63) is 53.4 Å². The van der Waals surface area contributed by atoms with Crippen LogP contribution in [0.1, 0.15) is 17.7 Å². The van der Waals surface area contributed by atoms with Gasteiger partial charge in [-0.25, -0.2) is 13.4 Å². The number of anilines is 1. The molecular formula is C22H21N3O5S2. The Bertz CT molecular complexity index is 1270. The number of carbonyl (C=O) groups excluding carboxylic acids is 1. The zero-order valence-electron chi connectivity index (χ0n) is 17.3. The van der Waals surface area contributed by atoms with Gasteiger partial charge in [-0.05, 0) is 49.2 Å². The minimum Gasteiger partial charge on any atom is -0.497 e. The van der Waals surface area contributed by atoms with Gasteiger partial charge in [0, 0.05) is 12.1 Å². The summed E-state index contributed by atoms with van der Waals surface area (Å²) in [6.45, 7) is 0.684. The predicted molar refractivity (Wildman–Crippen MR) is 120 cm³/mol. The average molecular weight is 472 g/mol. The monoisotopic (exact) mass is 471 g/mol. The zero-order chi connectivity index (χ0) is 22.3. The first-order valence-corrected chi connectivity index (χ1v) is 12.4. The van der Waals surface area contributed by atoms with E-state index in [1.54, 1.807) is 12.1 Å². The number of carbonyl (C=O) groups is 1. The van der Waals surface area contributed by atoms with Crippen molar-refractivity contribution in [1.82, 2.24) is 9.29 Å². The van der Waals surface area contributed by atoms with Gasteiger partial charge in [-0.1, -0.05) is 23.5 Å². The lowest BCUT2D eigenvalue weighted by Gasteiger charge is -2.23. The van der Waals surface area contributed by atoms with Crippen LogP contribution in [0, 0.1) is 0 Å². The summed E-state index contributed by atoms with van der Waals surface area (Å²) in [6, 6.07) is 13.0. The number of para-hydroxylation sites is 1. The molecule has 2 aromatic carbocycles. The molecule has 3 heterocycles. The third-order valence-electron chi connectivity index (χ3n) is 5.60. The van der Waals surface area contributed by atoms with E-state index < -0.39 is 16.1 Å². The molecule has 10 heteroatoms. The number of hydrogen-bond donors (Lipinski definition) is 1. The molecule has 1 N–H and O–H groups in total. The molecule has 166 valence electrons. The number of hydrogen-bond acceptors (Lipinski definition) is 7. The molecule has 1 unspecified atom stereocenters. The molecule has 2 aliphatic rings. The minimum absolute atomic E-state index is 0.136. The Labute approximate surface area is 189 Å². The van der Waals surface area contributed by atoms with E-state index in [2.05, 4.69) is 10.3 Å². The quantitative estimate of drug-likeness (QED) is 0.612. The lowest BCUT2D eigenvalue weighted by molar-refractivity contribution is -0.119. The second-order valence-corrected chi connectivity index (χ2v) is 10.5. The topological polar surface area (TPSA) is 97.8 Å². The van der Waals surface area contributed by atoms with Crippen LogP contribution < -0.4 is 14.8 Å². The SMILES string of the molecule is COc1ccc(S(=O)(=O)N2CCCC2C(=O)Nc2nc3c(s2)COc2ccccc2-3)cc1. The first kappa shape index (κ1) is 20.9. The van der Waals surface area contributed by atoms with Gasteiger partial charge in [-0.15, -0.1) is 0 Å². The molecule has 1 amide bonds. The highest BCUT2D eigenvalue weighted by Gasteiger charge is 2.40. The van der Waals surface area contributed by atoms with Crippen LogP contribution in [0.15, 0.2) is 53.4 Å². The van der Waals surface area contributed by atoms with E-state index in [4.69, 9.17) is 9.47 Å². The van der Waals surface area contributed by atoms with Crippen molar-refractivity contribution in [2.75, 3.05) is 19.0 Å². The molecule has 2 aliphatic heterocycles. The second kappa shape index (κ2) is 8.19. The predicted octanol–water partition coefficient (Wildman–Crippen LogP) is 3.50. The Balaban J connectivity index is 1.36. The van der Waals surface area contributed by atoms with E-state index in [1.807, 2.05) is 24.3 Å². The summed E-state index contributed by atoms with van der Waals surface area (Å²) >= 11 is 1.35. The van der Waals surface area contributed by atoms with Crippen molar-refractivity contribution < 1.29 is 22.7 Å². The van der Waals surface area contributed by atoms with Gasteiger partial charge in [-0.3, -0.25) is 4.79 Å². The standard InChI is InChI=1S/C22H21N3O5S2/c1-29-14-8-10-15(11-9-14)32(27,28)25-12-4-6-17(25)21(26)24-22-23-20-16-5-2-3-7-18(16)30-13-19(20)31-22/h2-3,5,7-11,17H,4,6,12-13H2,1H3,(H,23,24,26). The Hall–Kier alpha value is -2.95. The van der Waals surface area contributed by atoms with Gasteiger partial charge in [0.25, 0.3) is 0 Å². The molecule has 3 aromatic rings. The number of sulfonamides is 1. The summed E-state index contributed by atoms with van der Waals surface area (Å²) < 4.78 is 38.5. The van der Waals surface area contributed by atoms with Crippen molar-refractivity contribution in [2.24, 2.45) is 0 Å². The number of aromatic nitrogens is 1. The Morgan fingerprint density at radius 2 is 2.00 bits per heavy atom. The molecule has 1 aromatic heterocycles. The third kappa shape index (κ3) is 3.64.